The van der Waals surface area contributed by atoms with E-state index in [-0.39, 0.29) is 12.1 Å². The van der Waals surface area contributed by atoms with Crippen LogP contribution in [0.25, 0.3) is 0 Å². The lowest BCUT2D eigenvalue weighted by Gasteiger charge is -2.41. The molecule has 21 heavy (non-hydrogen) atoms. The molecule has 0 aromatic carbocycles. The van der Waals surface area contributed by atoms with Crippen LogP contribution in [0.3, 0.4) is 0 Å². The maximum absolute atomic E-state index is 12.8. The summed E-state index contributed by atoms with van der Waals surface area (Å²) in [5.41, 5.74) is 0. The molecule has 2 aliphatic carbocycles. The summed E-state index contributed by atoms with van der Waals surface area (Å²) < 4.78 is 27.2. The van der Waals surface area contributed by atoms with E-state index in [1.807, 2.05) is 0 Å². The number of hydrogen-bond donors (Lipinski definition) is 1. The molecule has 0 heterocycles. The first-order valence-corrected chi connectivity index (χ1v) is 9.70. The molecule has 2 rings (SSSR count). The van der Waals surface area contributed by atoms with Crippen LogP contribution in [0.15, 0.2) is 0 Å². The lowest BCUT2D eigenvalue weighted by atomic mass is 9.91. The van der Waals surface area contributed by atoms with Gasteiger partial charge in [0.25, 0.3) is 0 Å². The van der Waals surface area contributed by atoms with Crippen molar-refractivity contribution in [3.05, 3.63) is 0 Å². The molecule has 2 saturated carbocycles. The number of nitrogens with zero attached hydrogens (tertiary/aromatic N) is 1. The van der Waals surface area contributed by atoms with E-state index in [1.54, 1.807) is 4.31 Å². The van der Waals surface area contributed by atoms with Gasteiger partial charge >= 0.3 is 5.97 Å². The van der Waals surface area contributed by atoms with Gasteiger partial charge in [-0.2, -0.15) is 4.31 Å². The van der Waals surface area contributed by atoms with Crippen LogP contribution in [-0.2, 0) is 14.8 Å². The van der Waals surface area contributed by atoms with Gasteiger partial charge in [-0.05, 0) is 32.6 Å². The fraction of sp³-hybridized carbons (Fsp3) is 0.933. The Morgan fingerprint density at radius 2 is 1.33 bits per heavy atom. The first kappa shape index (κ1) is 16.7. The van der Waals surface area contributed by atoms with Gasteiger partial charge in [0.1, 0.15) is 0 Å². The minimum atomic E-state index is -3.77. The number of rotatable bonds is 5. The van der Waals surface area contributed by atoms with E-state index in [9.17, 15) is 13.2 Å². The fourth-order valence-corrected chi connectivity index (χ4v) is 5.57. The lowest BCUT2D eigenvalue weighted by molar-refractivity contribution is -0.136. The van der Waals surface area contributed by atoms with Gasteiger partial charge in [0, 0.05) is 12.1 Å². The number of aliphatic carboxylic acids is 1. The molecular formula is C15H27NO4S. The normalized spacial score (nSPS) is 24.1. The Balaban J connectivity index is 2.27. The summed E-state index contributed by atoms with van der Waals surface area (Å²) in [5, 5.41) is 7.81. The standard InChI is InChI=1S/C15H27NO4S/c1-12(15(17)18)21(19,20)16(13-8-4-2-5-9-13)14-10-6-3-7-11-14/h12-14H,2-11H2,1H3,(H,17,18). The fourth-order valence-electron chi connectivity index (χ4n) is 3.69. The van der Waals surface area contributed by atoms with Crippen LogP contribution in [0.5, 0.6) is 0 Å². The van der Waals surface area contributed by atoms with E-state index in [2.05, 4.69) is 0 Å². The monoisotopic (exact) mass is 317 g/mol. The summed E-state index contributed by atoms with van der Waals surface area (Å²) in [6.45, 7) is 1.30. The van der Waals surface area contributed by atoms with Crippen LogP contribution >= 0.6 is 0 Å². The van der Waals surface area contributed by atoms with Crippen molar-refractivity contribution in [1.82, 2.24) is 4.31 Å². The Kier molecular flexibility index (Phi) is 5.66. The summed E-state index contributed by atoms with van der Waals surface area (Å²) in [6, 6.07) is 0.0160. The number of carboxylic acid groups (broad SMARTS) is 1. The Morgan fingerprint density at radius 1 is 0.952 bits per heavy atom. The molecule has 1 unspecified atom stereocenters. The summed E-state index contributed by atoms with van der Waals surface area (Å²) in [4.78, 5) is 11.2. The summed E-state index contributed by atoms with van der Waals surface area (Å²) in [6.07, 6.45) is 10.0. The van der Waals surface area contributed by atoms with Gasteiger partial charge in [0.2, 0.25) is 10.0 Å². The highest BCUT2D eigenvalue weighted by Gasteiger charge is 2.42. The van der Waals surface area contributed by atoms with Crippen molar-refractivity contribution in [3.8, 4) is 0 Å². The van der Waals surface area contributed by atoms with Crippen molar-refractivity contribution in [2.24, 2.45) is 0 Å². The van der Waals surface area contributed by atoms with E-state index in [0.29, 0.717) is 0 Å². The average molecular weight is 317 g/mol. The molecule has 0 bridgehead atoms. The van der Waals surface area contributed by atoms with Crippen molar-refractivity contribution in [2.45, 2.75) is 88.5 Å². The van der Waals surface area contributed by atoms with Crippen LogP contribution in [0.1, 0.15) is 71.1 Å². The Morgan fingerprint density at radius 3 is 1.67 bits per heavy atom. The molecule has 2 aliphatic rings. The average Bonchev–Trinajstić information content (AvgIpc) is 2.48. The Hall–Kier alpha value is -0.620. The zero-order valence-corrected chi connectivity index (χ0v) is 13.6. The number of hydrogen-bond acceptors (Lipinski definition) is 3. The molecule has 0 saturated heterocycles. The third-order valence-corrected chi connectivity index (χ3v) is 7.24. The quantitative estimate of drug-likeness (QED) is 0.846. The molecular weight excluding hydrogens is 290 g/mol. The van der Waals surface area contributed by atoms with Crippen molar-refractivity contribution in [2.75, 3.05) is 0 Å². The zero-order valence-electron chi connectivity index (χ0n) is 12.8. The highest BCUT2D eigenvalue weighted by molar-refractivity contribution is 7.90. The Labute approximate surface area is 127 Å². The van der Waals surface area contributed by atoms with Gasteiger partial charge in [0.05, 0.1) is 0 Å². The molecule has 0 aromatic rings. The molecule has 2 fully saturated rings. The third-order valence-electron chi connectivity index (χ3n) is 4.96. The van der Waals surface area contributed by atoms with Crippen LogP contribution in [-0.4, -0.2) is 41.1 Å². The second kappa shape index (κ2) is 7.09. The highest BCUT2D eigenvalue weighted by atomic mass is 32.2. The molecule has 5 nitrogen and oxygen atoms in total. The molecule has 6 heteroatoms. The van der Waals surface area contributed by atoms with Crippen LogP contribution in [0.2, 0.25) is 0 Å². The second-order valence-electron chi connectivity index (χ2n) is 6.44. The highest BCUT2D eigenvalue weighted by Crippen LogP contribution is 2.33. The molecule has 0 radical (unpaired) electrons. The molecule has 0 amide bonds. The number of carboxylic acids is 1. The van der Waals surface area contributed by atoms with Crippen molar-refractivity contribution in [3.63, 3.8) is 0 Å². The van der Waals surface area contributed by atoms with Crippen molar-refractivity contribution in [1.29, 1.82) is 0 Å². The predicted octanol–water partition coefficient (Wildman–Crippen LogP) is 2.76. The third kappa shape index (κ3) is 3.77. The van der Waals surface area contributed by atoms with E-state index in [0.717, 1.165) is 64.2 Å². The number of sulfonamides is 1. The summed E-state index contributed by atoms with van der Waals surface area (Å²) in [5.74, 6) is -1.24. The molecule has 1 N–H and O–H groups in total. The largest absolute Gasteiger partial charge is 0.480 e. The first-order chi connectivity index (χ1) is 9.94. The van der Waals surface area contributed by atoms with E-state index in [4.69, 9.17) is 5.11 Å². The Bertz CT molecular complexity index is 432. The van der Waals surface area contributed by atoms with E-state index in [1.165, 1.54) is 6.92 Å². The SMILES string of the molecule is CC(C(=O)O)S(=O)(=O)N(C1CCCCC1)C1CCCCC1. The molecule has 122 valence electrons. The van der Waals surface area contributed by atoms with E-state index < -0.39 is 21.2 Å². The van der Waals surface area contributed by atoms with Gasteiger partial charge in [-0.25, -0.2) is 8.42 Å². The maximum atomic E-state index is 12.8. The van der Waals surface area contributed by atoms with Crippen LogP contribution in [0, 0.1) is 0 Å². The van der Waals surface area contributed by atoms with Gasteiger partial charge in [0.15, 0.2) is 5.25 Å². The van der Waals surface area contributed by atoms with Gasteiger partial charge < -0.3 is 5.11 Å². The smallest absolute Gasteiger partial charge is 0.323 e. The summed E-state index contributed by atoms with van der Waals surface area (Å²) >= 11 is 0. The van der Waals surface area contributed by atoms with Crippen LogP contribution < -0.4 is 0 Å². The second-order valence-corrected chi connectivity index (χ2v) is 8.60. The van der Waals surface area contributed by atoms with Gasteiger partial charge in [-0.3, -0.25) is 4.79 Å². The van der Waals surface area contributed by atoms with Gasteiger partial charge in [-0.1, -0.05) is 38.5 Å². The topological polar surface area (TPSA) is 74.7 Å². The molecule has 0 spiro atoms. The van der Waals surface area contributed by atoms with Crippen LogP contribution in [0.4, 0.5) is 0 Å². The van der Waals surface area contributed by atoms with Crippen molar-refractivity contribution < 1.29 is 18.3 Å². The minimum Gasteiger partial charge on any atom is -0.480 e. The molecule has 1 atom stereocenters. The summed E-state index contributed by atoms with van der Waals surface area (Å²) in [7, 11) is -3.77. The molecule has 0 aliphatic heterocycles. The van der Waals surface area contributed by atoms with Crippen molar-refractivity contribution >= 4 is 16.0 Å². The van der Waals surface area contributed by atoms with E-state index >= 15 is 0 Å². The number of carbonyl (C=O) groups is 1. The predicted molar refractivity (Wildman–Crippen MR) is 81.6 cm³/mol. The van der Waals surface area contributed by atoms with Gasteiger partial charge in [-0.15, -0.1) is 0 Å². The molecule has 0 aromatic heterocycles. The first-order valence-electron chi connectivity index (χ1n) is 8.19. The zero-order chi connectivity index (χ0) is 15.5. The maximum Gasteiger partial charge on any atom is 0.323 e. The lowest BCUT2D eigenvalue weighted by Crippen LogP contribution is -2.52. The minimum absolute atomic E-state index is 0.00801.